The number of amides is 1. The Balaban J connectivity index is 0.00000288. The van der Waals surface area contributed by atoms with E-state index in [-0.39, 0.29) is 36.3 Å². The average Bonchev–Trinajstić information content (AvgIpc) is 2.54. The molecule has 1 aromatic carbocycles. The van der Waals surface area contributed by atoms with Gasteiger partial charge in [-0.15, -0.1) is 12.4 Å². The van der Waals surface area contributed by atoms with E-state index in [1.165, 1.54) is 0 Å². The summed E-state index contributed by atoms with van der Waals surface area (Å²) in [6.07, 6.45) is 1.22. The van der Waals surface area contributed by atoms with Crippen molar-refractivity contribution in [2.75, 3.05) is 13.1 Å². The predicted octanol–water partition coefficient (Wildman–Crippen LogP) is 2.78. The van der Waals surface area contributed by atoms with Crippen LogP contribution in [-0.2, 0) is 9.59 Å². The molecule has 2 rings (SSSR count). The normalized spacial score (nSPS) is 18.3. The molecule has 1 fully saturated rings. The van der Waals surface area contributed by atoms with Crippen LogP contribution in [0, 0.1) is 12.8 Å². The molecule has 2 N–H and O–H groups in total. The Labute approximate surface area is 149 Å². The molecule has 0 aromatic heterocycles. The third-order valence-corrected chi connectivity index (χ3v) is 4.82. The lowest BCUT2D eigenvalue weighted by Gasteiger charge is -2.34. The zero-order valence-corrected chi connectivity index (χ0v) is 15.3. The van der Waals surface area contributed by atoms with Gasteiger partial charge in [-0.1, -0.05) is 24.3 Å². The summed E-state index contributed by atoms with van der Waals surface area (Å²) in [6.45, 7) is 7.23. The fourth-order valence-electron chi connectivity index (χ4n) is 3.18. The smallest absolute Gasteiger partial charge is 0.306 e. The summed E-state index contributed by atoms with van der Waals surface area (Å²) in [5.41, 5.74) is 2.29. The molecule has 0 aliphatic carbocycles. The van der Waals surface area contributed by atoms with Crippen molar-refractivity contribution in [1.82, 2.24) is 10.2 Å². The Hall–Kier alpha value is -1.59. The molecule has 0 bridgehead atoms. The summed E-state index contributed by atoms with van der Waals surface area (Å²) in [7, 11) is 0. The van der Waals surface area contributed by atoms with Crippen molar-refractivity contribution in [3.63, 3.8) is 0 Å². The summed E-state index contributed by atoms with van der Waals surface area (Å²) < 4.78 is 0. The first kappa shape index (κ1) is 20.5. The molecule has 5 nitrogen and oxygen atoms in total. The Morgan fingerprint density at radius 3 is 2.33 bits per heavy atom. The number of nitrogens with one attached hydrogen (secondary N) is 1. The van der Waals surface area contributed by atoms with E-state index >= 15 is 0 Å². The van der Waals surface area contributed by atoms with Crippen molar-refractivity contribution >= 4 is 24.3 Å². The molecule has 1 heterocycles. The SMILES string of the molecule is Cc1ccccc1C(C)NC(=O)C(C)N1CCC(C(=O)O)CC1.Cl. The standard InChI is InChI=1S/C18H26N2O3.ClH/c1-12-6-4-5-7-16(12)13(2)19-17(21)14(3)20-10-8-15(9-11-20)18(22)23;/h4-7,13-15H,8-11H2,1-3H3,(H,19,21)(H,22,23);1H. The first-order valence-electron chi connectivity index (χ1n) is 8.23. The lowest BCUT2D eigenvalue weighted by atomic mass is 9.96. The molecule has 1 aliphatic heterocycles. The van der Waals surface area contributed by atoms with Crippen molar-refractivity contribution in [3.05, 3.63) is 35.4 Å². The van der Waals surface area contributed by atoms with Crippen LogP contribution < -0.4 is 5.32 Å². The van der Waals surface area contributed by atoms with Gasteiger partial charge in [0, 0.05) is 0 Å². The van der Waals surface area contributed by atoms with Gasteiger partial charge in [0.15, 0.2) is 0 Å². The van der Waals surface area contributed by atoms with E-state index in [4.69, 9.17) is 5.11 Å². The molecule has 0 spiro atoms. The number of rotatable bonds is 5. The molecule has 2 unspecified atom stereocenters. The maximum absolute atomic E-state index is 12.5. The van der Waals surface area contributed by atoms with Crippen molar-refractivity contribution in [2.24, 2.45) is 5.92 Å². The second kappa shape index (κ2) is 9.04. The molecule has 1 aromatic rings. The first-order valence-corrected chi connectivity index (χ1v) is 8.23. The molecular formula is C18H27ClN2O3. The Morgan fingerprint density at radius 1 is 1.21 bits per heavy atom. The van der Waals surface area contributed by atoms with Crippen LogP contribution in [0.15, 0.2) is 24.3 Å². The van der Waals surface area contributed by atoms with Crippen LogP contribution in [0.2, 0.25) is 0 Å². The van der Waals surface area contributed by atoms with Crippen LogP contribution >= 0.6 is 12.4 Å². The van der Waals surface area contributed by atoms with Crippen molar-refractivity contribution in [3.8, 4) is 0 Å². The van der Waals surface area contributed by atoms with E-state index in [0.29, 0.717) is 25.9 Å². The third kappa shape index (κ3) is 4.95. The van der Waals surface area contributed by atoms with Gasteiger partial charge in [0.2, 0.25) is 5.91 Å². The summed E-state index contributed by atoms with van der Waals surface area (Å²) in [6, 6.07) is 7.76. The summed E-state index contributed by atoms with van der Waals surface area (Å²) in [5.74, 6) is -1.00. The molecule has 2 atom stereocenters. The molecule has 1 saturated heterocycles. The average molecular weight is 355 g/mol. The number of piperidine rings is 1. The van der Waals surface area contributed by atoms with Crippen molar-refractivity contribution in [1.29, 1.82) is 0 Å². The summed E-state index contributed by atoms with van der Waals surface area (Å²) in [4.78, 5) is 25.6. The van der Waals surface area contributed by atoms with E-state index in [1.807, 2.05) is 45.0 Å². The number of halogens is 1. The van der Waals surface area contributed by atoms with Crippen LogP contribution in [0.5, 0.6) is 0 Å². The Morgan fingerprint density at radius 2 is 1.79 bits per heavy atom. The van der Waals surface area contributed by atoms with Crippen LogP contribution in [0.3, 0.4) is 0 Å². The zero-order chi connectivity index (χ0) is 17.0. The highest BCUT2D eigenvalue weighted by molar-refractivity contribution is 5.85. The number of carbonyl (C=O) groups is 2. The molecule has 24 heavy (non-hydrogen) atoms. The summed E-state index contributed by atoms with van der Waals surface area (Å²) in [5, 5.41) is 12.1. The fourth-order valence-corrected chi connectivity index (χ4v) is 3.18. The molecule has 134 valence electrons. The monoisotopic (exact) mass is 354 g/mol. The molecule has 0 radical (unpaired) electrons. The quantitative estimate of drug-likeness (QED) is 0.853. The Bertz CT molecular complexity index is 571. The van der Waals surface area contributed by atoms with Gasteiger partial charge in [-0.25, -0.2) is 0 Å². The second-order valence-corrected chi connectivity index (χ2v) is 6.41. The highest BCUT2D eigenvalue weighted by atomic mass is 35.5. The maximum atomic E-state index is 12.5. The van der Waals surface area contributed by atoms with E-state index in [1.54, 1.807) is 0 Å². The molecular weight excluding hydrogens is 328 g/mol. The number of carboxylic acid groups (broad SMARTS) is 1. The van der Waals surface area contributed by atoms with Crippen LogP contribution in [0.25, 0.3) is 0 Å². The number of aryl methyl sites for hydroxylation is 1. The van der Waals surface area contributed by atoms with E-state index in [9.17, 15) is 9.59 Å². The molecule has 0 saturated carbocycles. The predicted molar refractivity (Wildman–Crippen MR) is 96.4 cm³/mol. The minimum absolute atomic E-state index is 0. The first-order chi connectivity index (χ1) is 10.9. The van der Waals surface area contributed by atoms with Gasteiger partial charge in [-0.2, -0.15) is 0 Å². The number of hydrogen-bond acceptors (Lipinski definition) is 3. The number of aliphatic carboxylic acids is 1. The van der Waals surface area contributed by atoms with E-state index in [0.717, 1.165) is 11.1 Å². The molecule has 6 heteroatoms. The minimum Gasteiger partial charge on any atom is -0.481 e. The van der Waals surface area contributed by atoms with Crippen LogP contribution in [0.1, 0.15) is 43.9 Å². The number of nitrogens with zero attached hydrogens (tertiary/aromatic N) is 1. The lowest BCUT2D eigenvalue weighted by molar-refractivity contribution is -0.143. The van der Waals surface area contributed by atoms with Gasteiger partial charge in [0.1, 0.15) is 0 Å². The highest BCUT2D eigenvalue weighted by Gasteiger charge is 2.30. The number of carbonyl (C=O) groups excluding carboxylic acids is 1. The Kier molecular flexibility index (Phi) is 7.70. The van der Waals surface area contributed by atoms with Crippen molar-refractivity contribution in [2.45, 2.75) is 45.7 Å². The van der Waals surface area contributed by atoms with Crippen molar-refractivity contribution < 1.29 is 14.7 Å². The van der Waals surface area contributed by atoms with E-state index in [2.05, 4.69) is 10.2 Å². The fraction of sp³-hybridized carbons (Fsp3) is 0.556. The number of hydrogen-bond donors (Lipinski definition) is 2. The third-order valence-electron chi connectivity index (χ3n) is 4.82. The van der Waals surface area contributed by atoms with E-state index < -0.39 is 5.97 Å². The highest BCUT2D eigenvalue weighted by Crippen LogP contribution is 2.20. The van der Waals surface area contributed by atoms with Crippen LogP contribution in [0.4, 0.5) is 0 Å². The molecule has 1 amide bonds. The van der Waals surface area contributed by atoms with Gasteiger partial charge >= 0.3 is 5.97 Å². The van der Waals surface area contributed by atoms with Gasteiger partial charge in [-0.3, -0.25) is 14.5 Å². The maximum Gasteiger partial charge on any atom is 0.306 e. The number of likely N-dealkylation sites (tertiary alicyclic amines) is 1. The van der Waals surface area contributed by atoms with Gasteiger partial charge in [-0.05, 0) is 57.8 Å². The minimum atomic E-state index is -0.727. The number of carboxylic acids is 1. The summed E-state index contributed by atoms with van der Waals surface area (Å²) >= 11 is 0. The second-order valence-electron chi connectivity index (χ2n) is 6.41. The van der Waals surface area contributed by atoms with Gasteiger partial charge < -0.3 is 10.4 Å². The molecule has 1 aliphatic rings. The van der Waals surface area contributed by atoms with Gasteiger partial charge in [0.05, 0.1) is 18.0 Å². The largest absolute Gasteiger partial charge is 0.481 e. The van der Waals surface area contributed by atoms with Crippen LogP contribution in [-0.4, -0.2) is 41.0 Å². The topological polar surface area (TPSA) is 69.6 Å². The zero-order valence-electron chi connectivity index (χ0n) is 14.5. The number of benzene rings is 1. The van der Waals surface area contributed by atoms with Gasteiger partial charge in [0.25, 0.3) is 0 Å². The lowest BCUT2D eigenvalue weighted by Crippen LogP contribution is -2.49.